The monoisotopic (exact) mass is 1430 g/mol. The highest BCUT2D eigenvalue weighted by Gasteiger charge is 2.39. The van der Waals surface area contributed by atoms with Gasteiger partial charge in [-0.05, 0) is 245 Å². The van der Waals surface area contributed by atoms with Crippen molar-refractivity contribution in [3.63, 3.8) is 0 Å². The first-order valence-corrected chi connectivity index (χ1v) is 39.2. The first-order chi connectivity index (χ1) is 55.0. The van der Waals surface area contributed by atoms with Gasteiger partial charge in [-0.15, -0.1) is 0 Å². The Kier molecular flexibility index (Phi) is 13.8. The van der Waals surface area contributed by atoms with E-state index in [0.717, 1.165) is 28.3 Å². The highest BCUT2D eigenvalue weighted by molar-refractivity contribution is 6.16. The van der Waals surface area contributed by atoms with Gasteiger partial charge in [-0.2, -0.15) is 0 Å². The minimum absolute atomic E-state index is 0.137. The molecule has 0 radical (unpaired) electrons. The Hall–Kier alpha value is -14.1. The quantitative estimate of drug-likeness (QED) is 0.130. The topological polar surface area (TPSA) is 19.7 Å². The van der Waals surface area contributed by atoms with E-state index in [-0.39, 0.29) is 10.8 Å². The second-order valence-corrected chi connectivity index (χ2v) is 32.0. The van der Waals surface area contributed by atoms with Crippen LogP contribution >= 0.6 is 0 Å². The molecule has 0 bridgehead atoms. The van der Waals surface area contributed by atoms with Gasteiger partial charge >= 0.3 is 0 Å². The van der Waals surface area contributed by atoms with Crippen LogP contribution < -0.4 is 0 Å². The van der Waals surface area contributed by atoms with Crippen LogP contribution in [0.2, 0.25) is 0 Å². The maximum atomic E-state index is 2.55. The molecule has 2 aliphatic carbocycles. The van der Waals surface area contributed by atoms with E-state index in [9.17, 15) is 0 Å². The molecule has 0 amide bonds. The molecule has 0 unspecified atom stereocenters. The normalized spacial score (nSPS) is 13.3. The summed E-state index contributed by atoms with van der Waals surface area (Å²) in [5, 5.41) is 9.88. The zero-order chi connectivity index (χ0) is 74.2. The van der Waals surface area contributed by atoms with E-state index in [0.29, 0.717) is 0 Å². The van der Waals surface area contributed by atoms with Crippen molar-refractivity contribution in [2.45, 2.75) is 38.5 Å². The number of nitrogens with zero attached hydrogens (tertiary/aromatic N) is 4. The molecule has 0 saturated heterocycles. The van der Waals surface area contributed by atoms with Crippen molar-refractivity contribution in [1.82, 2.24) is 18.3 Å². The molecule has 0 saturated carbocycles. The van der Waals surface area contributed by atoms with Gasteiger partial charge in [0.25, 0.3) is 0 Å². The van der Waals surface area contributed by atoms with Crippen LogP contribution in [0.5, 0.6) is 0 Å². The Morgan fingerprint density at radius 1 is 0.161 bits per heavy atom. The fraction of sp³-hybridized carbons (Fsp3) is 0.0556. The van der Waals surface area contributed by atoms with E-state index >= 15 is 0 Å². The van der Waals surface area contributed by atoms with Crippen LogP contribution in [-0.2, 0) is 10.8 Å². The lowest BCUT2D eigenvalue weighted by atomic mass is 9.82. The second kappa shape index (κ2) is 24.2. The smallest absolute Gasteiger partial charge is 0.0544 e. The van der Waals surface area contributed by atoms with E-state index in [4.69, 9.17) is 0 Å². The third kappa shape index (κ3) is 9.55. The number of hydrogen-bond donors (Lipinski definition) is 0. The van der Waals surface area contributed by atoms with Crippen molar-refractivity contribution in [3.05, 3.63) is 398 Å². The molecule has 526 valence electrons. The molecule has 4 heterocycles. The van der Waals surface area contributed by atoms with Crippen molar-refractivity contribution in [2.24, 2.45) is 0 Å². The van der Waals surface area contributed by atoms with E-state index in [2.05, 4.69) is 422 Å². The molecule has 21 aromatic rings. The van der Waals surface area contributed by atoms with Crippen LogP contribution in [0.3, 0.4) is 0 Å². The SMILES string of the molecule is CC1(C)c2ccc(-c3cccc(-n4c5ccccc5c5cc(-c6ccc(-n7c8ccccc8c8cc9c(cc87)C(C)(C)c7ccccc7-9)c(-c7ccccc7)c6)ccc54)c3)cc2-c2cc3c4cc(-c5ccccc5)ccc4n(-c4cc(-c5ccccc5)cc(-c5ccc6c(c5)c5ccccc5n6-c5ccccc5)c4)c3cc21. The fourth-order valence-corrected chi connectivity index (χ4v) is 19.7. The Balaban J connectivity index is 0.640. The van der Waals surface area contributed by atoms with Crippen LogP contribution in [0, 0.1) is 0 Å². The minimum Gasteiger partial charge on any atom is -0.309 e. The van der Waals surface area contributed by atoms with Crippen molar-refractivity contribution < 1.29 is 0 Å². The molecule has 0 fully saturated rings. The summed E-state index contributed by atoms with van der Waals surface area (Å²) >= 11 is 0. The molecule has 4 heteroatoms. The van der Waals surface area contributed by atoms with Gasteiger partial charge in [-0.3, -0.25) is 0 Å². The van der Waals surface area contributed by atoms with Gasteiger partial charge in [0.2, 0.25) is 0 Å². The Morgan fingerprint density at radius 3 is 1.12 bits per heavy atom. The Morgan fingerprint density at radius 2 is 0.509 bits per heavy atom. The summed E-state index contributed by atoms with van der Waals surface area (Å²) in [6.45, 7) is 9.61. The van der Waals surface area contributed by atoms with Crippen LogP contribution in [-0.4, -0.2) is 18.3 Å². The number of benzene rings is 17. The summed E-state index contributed by atoms with van der Waals surface area (Å²) in [6, 6.07) is 141. The van der Waals surface area contributed by atoms with Crippen molar-refractivity contribution >= 4 is 87.2 Å². The van der Waals surface area contributed by atoms with Gasteiger partial charge in [0.15, 0.2) is 0 Å². The van der Waals surface area contributed by atoms with Crippen LogP contribution in [0.4, 0.5) is 0 Å². The number of rotatable bonds is 10. The molecule has 4 nitrogen and oxygen atoms in total. The van der Waals surface area contributed by atoms with Crippen molar-refractivity contribution in [2.75, 3.05) is 0 Å². The lowest BCUT2D eigenvalue weighted by Gasteiger charge is -2.22. The van der Waals surface area contributed by atoms with Crippen LogP contribution in [0.1, 0.15) is 49.9 Å². The molecular weight excluding hydrogens is 1350 g/mol. The first kappa shape index (κ1) is 64.0. The molecule has 0 N–H and O–H groups in total. The summed E-state index contributed by atoms with van der Waals surface area (Å²) < 4.78 is 9.95. The molecule has 2 aliphatic rings. The zero-order valence-electron chi connectivity index (χ0n) is 62.6. The third-order valence-electron chi connectivity index (χ3n) is 25.1. The first-order valence-electron chi connectivity index (χ1n) is 39.2. The fourth-order valence-electron chi connectivity index (χ4n) is 19.7. The average molecular weight is 1430 g/mol. The van der Waals surface area contributed by atoms with Crippen molar-refractivity contribution in [3.8, 4) is 112 Å². The van der Waals surface area contributed by atoms with Gasteiger partial charge in [0, 0.05) is 76.5 Å². The molecule has 0 spiro atoms. The maximum absolute atomic E-state index is 2.55. The standard InChI is InChI=1S/C108H74N4/c1-107(2)94-40-21-17-36-81(94)87-63-92-84-39-20-24-43-100(84)112(106(92)66-96(87)107)101-50-46-73(58-85(101)69-30-13-7-14-31-69)74-47-52-103-89(61-74)83-38-19-23-42-99(83)110(103)79-35-25-32-70(55-79)72-44-49-95-86(59-72)88-64-93-91-60-71(67-26-9-5-10-27-67)45-51-104(91)111(105(93)65-97(88)108(95,3)4)80-56-76(68-28-11-6-12-29-68)54-77(57-80)75-48-53-102-90(62-75)82-37-18-22-41-98(82)109(102)78-33-15-8-16-34-78/h5-66H,1-4H3. The van der Waals surface area contributed by atoms with E-state index in [1.165, 1.54) is 193 Å². The molecule has 0 aliphatic heterocycles. The Labute approximate surface area is 649 Å². The lowest BCUT2D eigenvalue weighted by Crippen LogP contribution is -2.15. The molecule has 23 rings (SSSR count). The van der Waals surface area contributed by atoms with Gasteiger partial charge in [-0.25, -0.2) is 0 Å². The number of hydrogen-bond acceptors (Lipinski definition) is 0. The molecule has 4 aromatic heterocycles. The molecule has 17 aromatic carbocycles. The predicted octanol–water partition coefficient (Wildman–Crippen LogP) is 28.7. The second-order valence-electron chi connectivity index (χ2n) is 32.0. The summed E-state index contributed by atoms with van der Waals surface area (Å²) in [4.78, 5) is 0. The molecular formula is C108H74N4. The molecule has 0 atom stereocenters. The predicted molar refractivity (Wildman–Crippen MR) is 472 cm³/mol. The largest absolute Gasteiger partial charge is 0.309 e. The maximum Gasteiger partial charge on any atom is 0.0544 e. The number of para-hydroxylation sites is 4. The highest BCUT2D eigenvalue weighted by Crippen LogP contribution is 2.55. The van der Waals surface area contributed by atoms with Gasteiger partial charge in [0.1, 0.15) is 0 Å². The van der Waals surface area contributed by atoms with Gasteiger partial charge in [0.05, 0.1) is 49.8 Å². The summed E-state index contributed by atoms with van der Waals surface area (Å²) in [5.41, 5.74) is 38.4. The zero-order valence-corrected chi connectivity index (χ0v) is 62.6. The summed E-state index contributed by atoms with van der Waals surface area (Å²) in [7, 11) is 0. The summed E-state index contributed by atoms with van der Waals surface area (Å²) in [5.74, 6) is 0. The molecule has 112 heavy (non-hydrogen) atoms. The number of fused-ring (bicyclic) bond motifs is 18. The highest BCUT2D eigenvalue weighted by atomic mass is 15.0. The van der Waals surface area contributed by atoms with E-state index < -0.39 is 0 Å². The third-order valence-corrected chi connectivity index (χ3v) is 25.1. The van der Waals surface area contributed by atoms with Gasteiger partial charge < -0.3 is 18.3 Å². The average Bonchev–Trinajstić information content (AvgIpc) is 1.55. The van der Waals surface area contributed by atoms with Crippen molar-refractivity contribution in [1.29, 1.82) is 0 Å². The lowest BCUT2D eigenvalue weighted by molar-refractivity contribution is 0.661. The van der Waals surface area contributed by atoms with E-state index in [1.807, 2.05) is 0 Å². The minimum atomic E-state index is -0.299. The Bertz CT molecular complexity index is 7530. The summed E-state index contributed by atoms with van der Waals surface area (Å²) in [6.07, 6.45) is 0. The van der Waals surface area contributed by atoms with E-state index in [1.54, 1.807) is 0 Å². The van der Waals surface area contributed by atoms with Gasteiger partial charge in [-0.1, -0.05) is 264 Å². The number of aromatic nitrogens is 4. The van der Waals surface area contributed by atoms with Crippen LogP contribution in [0.25, 0.3) is 199 Å². The van der Waals surface area contributed by atoms with Crippen LogP contribution in [0.15, 0.2) is 376 Å².